The fourth-order valence-corrected chi connectivity index (χ4v) is 0.863. The van der Waals surface area contributed by atoms with Gasteiger partial charge in [0.25, 0.3) is 0 Å². The van der Waals surface area contributed by atoms with E-state index in [9.17, 15) is 5.11 Å². The molecule has 0 aliphatic carbocycles. The van der Waals surface area contributed by atoms with Gasteiger partial charge in [-0.1, -0.05) is 26.7 Å². The van der Waals surface area contributed by atoms with Crippen molar-refractivity contribution in [3.05, 3.63) is 0 Å². The van der Waals surface area contributed by atoms with Gasteiger partial charge < -0.3 is 14.9 Å². The zero-order valence-electron chi connectivity index (χ0n) is 7.99. The van der Waals surface area contributed by atoms with E-state index in [1.165, 1.54) is 0 Å². The quantitative estimate of drug-likeness (QED) is 0.574. The van der Waals surface area contributed by atoms with Crippen molar-refractivity contribution in [1.29, 1.82) is 0 Å². The van der Waals surface area contributed by atoms with Crippen molar-refractivity contribution in [2.24, 2.45) is 0 Å². The van der Waals surface area contributed by atoms with Gasteiger partial charge in [0, 0.05) is 0 Å². The highest BCUT2D eigenvalue weighted by Gasteiger charge is 2.06. The van der Waals surface area contributed by atoms with Crippen molar-refractivity contribution in [3.8, 4) is 0 Å². The molecule has 3 nitrogen and oxygen atoms in total. The van der Waals surface area contributed by atoms with Crippen molar-refractivity contribution in [3.63, 3.8) is 0 Å². The van der Waals surface area contributed by atoms with E-state index in [2.05, 4.69) is 6.92 Å². The van der Waals surface area contributed by atoms with Crippen molar-refractivity contribution in [2.75, 3.05) is 6.61 Å². The summed E-state index contributed by atoms with van der Waals surface area (Å²) < 4.78 is 4.96. The smallest absolute Gasteiger partial charge is 0.154 e. The summed E-state index contributed by atoms with van der Waals surface area (Å²) in [7, 11) is 0. The second-order valence-electron chi connectivity index (χ2n) is 2.99. The van der Waals surface area contributed by atoms with Crippen LogP contribution in [0.1, 0.15) is 39.5 Å². The van der Waals surface area contributed by atoms with Crippen LogP contribution < -0.4 is 0 Å². The van der Waals surface area contributed by atoms with Crippen molar-refractivity contribution >= 4 is 0 Å². The van der Waals surface area contributed by atoms with Gasteiger partial charge in [-0.2, -0.15) is 0 Å². The molecule has 0 radical (unpaired) electrons. The molecule has 0 heterocycles. The Kier molecular flexibility index (Phi) is 7.45. The molecule has 3 heteroatoms. The van der Waals surface area contributed by atoms with Crippen LogP contribution >= 0.6 is 0 Å². The lowest BCUT2D eigenvalue weighted by molar-refractivity contribution is -0.123. The monoisotopic (exact) mass is 176 g/mol. The van der Waals surface area contributed by atoms with Crippen LogP contribution in [0.15, 0.2) is 0 Å². The number of rotatable bonds is 7. The first-order valence-corrected chi connectivity index (χ1v) is 4.68. The molecule has 2 unspecified atom stereocenters. The van der Waals surface area contributed by atoms with Crippen molar-refractivity contribution < 1.29 is 14.9 Å². The zero-order valence-corrected chi connectivity index (χ0v) is 7.99. The van der Waals surface area contributed by atoms with E-state index in [1.807, 2.05) is 6.92 Å². The number of ether oxygens (including phenoxy) is 1. The SMILES string of the molecule is CCCCC(O)COC(O)CC. The molecule has 0 amide bonds. The van der Waals surface area contributed by atoms with Crippen molar-refractivity contribution in [1.82, 2.24) is 0 Å². The Morgan fingerprint density at radius 1 is 1.25 bits per heavy atom. The Balaban J connectivity index is 3.24. The average molecular weight is 176 g/mol. The Morgan fingerprint density at radius 2 is 1.92 bits per heavy atom. The first-order valence-electron chi connectivity index (χ1n) is 4.68. The van der Waals surface area contributed by atoms with Gasteiger partial charge in [0.2, 0.25) is 0 Å². The molecule has 0 aliphatic rings. The molecule has 0 bridgehead atoms. The fourth-order valence-electron chi connectivity index (χ4n) is 0.863. The Morgan fingerprint density at radius 3 is 2.42 bits per heavy atom. The number of aliphatic hydroxyl groups is 2. The number of aliphatic hydroxyl groups excluding tert-OH is 2. The van der Waals surface area contributed by atoms with Crippen LogP contribution in [0, 0.1) is 0 Å². The van der Waals surface area contributed by atoms with Gasteiger partial charge in [0.1, 0.15) is 0 Å². The molecule has 2 N–H and O–H groups in total. The Bertz CT molecular complexity index is 95.8. The number of hydrogen-bond donors (Lipinski definition) is 2. The van der Waals surface area contributed by atoms with Gasteiger partial charge in [-0.15, -0.1) is 0 Å². The zero-order chi connectivity index (χ0) is 9.40. The second kappa shape index (κ2) is 7.53. The minimum absolute atomic E-state index is 0.245. The molecule has 0 rings (SSSR count). The first kappa shape index (κ1) is 11.9. The number of unbranched alkanes of at least 4 members (excludes halogenated alkanes) is 1. The van der Waals surface area contributed by atoms with Crippen LogP contribution in [0.4, 0.5) is 0 Å². The molecular formula is C9H20O3. The third-order valence-electron chi connectivity index (χ3n) is 1.72. The predicted octanol–water partition coefficient (Wildman–Crippen LogP) is 1.28. The highest BCUT2D eigenvalue weighted by molar-refractivity contribution is 4.53. The van der Waals surface area contributed by atoms with E-state index in [4.69, 9.17) is 9.84 Å². The Hall–Kier alpha value is -0.120. The summed E-state index contributed by atoms with van der Waals surface area (Å²) in [6, 6.07) is 0. The van der Waals surface area contributed by atoms with Gasteiger partial charge in [-0.3, -0.25) is 0 Å². The van der Waals surface area contributed by atoms with Crippen molar-refractivity contribution in [2.45, 2.75) is 51.9 Å². The summed E-state index contributed by atoms with van der Waals surface area (Å²) in [4.78, 5) is 0. The molecule has 74 valence electrons. The molecule has 0 aromatic heterocycles. The van der Waals surface area contributed by atoms with Crippen LogP contribution in [0.2, 0.25) is 0 Å². The van der Waals surface area contributed by atoms with E-state index < -0.39 is 12.4 Å². The predicted molar refractivity (Wildman–Crippen MR) is 47.8 cm³/mol. The summed E-state index contributed by atoms with van der Waals surface area (Å²) in [6.45, 7) is 4.16. The van der Waals surface area contributed by atoms with E-state index in [-0.39, 0.29) is 6.61 Å². The maximum atomic E-state index is 9.29. The molecule has 0 fully saturated rings. The third-order valence-corrected chi connectivity index (χ3v) is 1.72. The third kappa shape index (κ3) is 6.58. The molecule has 0 spiro atoms. The summed E-state index contributed by atoms with van der Waals surface area (Å²) >= 11 is 0. The van der Waals surface area contributed by atoms with Gasteiger partial charge in [-0.05, 0) is 12.8 Å². The van der Waals surface area contributed by atoms with Crippen LogP contribution in [-0.2, 0) is 4.74 Å². The van der Waals surface area contributed by atoms with Crippen LogP contribution in [0.25, 0.3) is 0 Å². The average Bonchev–Trinajstić information content (AvgIpc) is 2.10. The summed E-state index contributed by atoms with van der Waals surface area (Å²) in [5, 5.41) is 18.3. The summed E-state index contributed by atoms with van der Waals surface area (Å²) in [6.07, 6.45) is 2.26. The lowest BCUT2D eigenvalue weighted by atomic mass is 10.2. The maximum Gasteiger partial charge on any atom is 0.154 e. The molecule has 0 saturated heterocycles. The number of hydrogen-bond acceptors (Lipinski definition) is 3. The lowest BCUT2D eigenvalue weighted by Crippen LogP contribution is -2.20. The first-order chi connectivity index (χ1) is 5.70. The van der Waals surface area contributed by atoms with E-state index in [0.717, 1.165) is 19.3 Å². The van der Waals surface area contributed by atoms with E-state index in [0.29, 0.717) is 6.42 Å². The molecule has 12 heavy (non-hydrogen) atoms. The minimum atomic E-state index is -0.721. The highest BCUT2D eigenvalue weighted by Crippen LogP contribution is 2.02. The topological polar surface area (TPSA) is 49.7 Å². The van der Waals surface area contributed by atoms with Crippen LogP contribution in [0.5, 0.6) is 0 Å². The van der Waals surface area contributed by atoms with E-state index in [1.54, 1.807) is 0 Å². The minimum Gasteiger partial charge on any atom is -0.391 e. The second-order valence-corrected chi connectivity index (χ2v) is 2.99. The lowest BCUT2D eigenvalue weighted by Gasteiger charge is -2.13. The molecular weight excluding hydrogens is 156 g/mol. The maximum absolute atomic E-state index is 9.29. The highest BCUT2D eigenvalue weighted by atomic mass is 16.6. The molecule has 0 aliphatic heterocycles. The molecule has 2 atom stereocenters. The van der Waals surface area contributed by atoms with Crippen LogP contribution in [0.3, 0.4) is 0 Å². The van der Waals surface area contributed by atoms with Crippen LogP contribution in [-0.4, -0.2) is 29.2 Å². The van der Waals surface area contributed by atoms with Gasteiger partial charge in [-0.25, -0.2) is 0 Å². The van der Waals surface area contributed by atoms with Gasteiger partial charge in [0.15, 0.2) is 6.29 Å². The van der Waals surface area contributed by atoms with E-state index >= 15 is 0 Å². The van der Waals surface area contributed by atoms with Gasteiger partial charge >= 0.3 is 0 Å². The molecule has 0 saturated carbocycles. The summed E-state index contributed by atoms with van der Waals surface area (Å²) in [5.41, 5.74) is 0. The summed E-state index contributed by atoms with van der Waals surface area (Å²) in [5.74, 6) is 0. The van der Waals surface area contributed by atoms with Gasteiger partial charge in [0.05, 0.1) is 12.7 Å². The molecule has 0 aromatic carbocycles. The largest absolute Gasteiger partial charge is 0.391 e. The molecule has 0 aromatic rings. The Labute approximate surface area is 74.4 Å². The normalized spacial score (nSPS) is 16.0. The fraction of sp³-hybridized carbons (Fsp3) is 1.00. The standard InChI is InChI=1S/C9H20O3/c1-3-5-6-8(10)7-12-9(11)4-2/h8-11H,3-7H2,1-2H3.